The van der Waals surface area contributed by atoms with Crippen LogP contribution in [0.25, 0.3) is 0 Å². The number of halogens is 1. The van der Waals surface area contributed by atoms with Gasteiger partial charge in [-0.15, -0.1) is 0 Å². The van der Waals surface area contributed by atoms with Gasteiger partial charge in [-0.2, -0.15) is 0 Å². The zero-order valence-corrected chi connectivity index (χ0v) is 15.6. The van der Waals surface area contributed by atoms with E-state index in [9.17, 15) is 18.0 Å². The number of sulfonamides is 1. The fourth-order valence-corrected chi connectivity index (χ4v) is 2.81. The molecule has 1 amide bonds. The fraction of sp³-hybridized carbons (Fsp3) is 0.176. The van der Waals surface area contributed by atoms with Crippen LogP contribution in [0.5, 0.6) is 0 Å². The van der Waals surface area contributed by atoms with Gasteiger partial charge in [0.25, 0.3) is 5.91 Å². The van der Waals surface area contributed by atoms with Crippen LogP contribution in [0.1, 0.15) is 17.3 Å². The molecule has 0 heterocycles. The average molecular weight is 397 g/mol. The zero-order valence-electron chi connectivity index (χ0n) is 14.0. The number of para-hydroxylation sites is 1. The molecule has 2 aromatic carbocycles. The maximum Gasteiger partial charge on any atom is 0.341 e. The smallest absolute Gasteiger partial charge is 0.341 e. The first-order chi connectivity index (χ1) is 12.2. The van der Waals surface area contributed by atoms with Crippen molar-refractivity contribution < 1.29 is 22.7 Å². The highest BCUT2D eigenvalue weighted by Crippen LogP contribution is 2.19. The van der Waals surface area contributed by atoms with Crippen molar-refractivity contribution in [3.63, 3.8) is 0 Å². The van der Waals surface area contributed by atoms with Crippen LogP contribution in [0.3, 0.4) is 0 Å². The first-order valence-electron chi connectivity index (χ1n) is 7.50. The number of hydrogen-bond donors (Lipinski definition) is 2. The molecule has 2 rings (SSSR count). The number of amides is 1. The molecule has 0 spiro atoms. The zero-order chi connectivity index (χ0) is 19.3. The number of carbonyl (C=O) groups excluding carboxylic acids is 2. The van der Waals surface area contributed by atoms with E-state index in [0.29, 0.717) is 10.7 Å². The molecule has 2 aromatic rings. The molecule has 0 saturated heterocycles. The first-order valence-corrected chi connectivity index (χ1v) is 9.77. The van der Waals surface area contributed by atoms with Gasteiger partial charge in [-0.3, -0.25) is 9.52 Å². The predicted molar refractivity (Wildman–Crippen MR) is 99.9 cm³/mol. The first kappa shape index (κ1) is 19.7. The van der Waals surface area contributed by atoms with Gasteiger partial charge < -0.3 is 10.1 Å². The van der Waals surface area contributed by atoms with Gasteiger partial charge in [-0.05, 0) is 37.3 Å². The van der Waals surface area contributed by atoms with Crippen molar-refractivity contribution in [2.24, 2.45) is 0 Å². The lowest BCUT2D eigenvalue weighted by Gasteiger charge is -2.15. The molecule has 0 fully saturated rings. The van der Waals surface area contributed by atoms with E-state index in [-0.39, 0.29) is 11.3 Å². The van der Waals surface area contributed by atoms with Crippen molar-refractivity contribution in [3.8, 4) is 0 Å². The SMILES string of the molecule is C[C@H](OC(=O)c1ccccc1NS(C)(=O)=O)C(=O)Nc1cccc(Cl)c1. The Balaban J connectivity index is 2.08. The standard InChI is InChI=1S/C17H17ClN2O5S/c1-11(16(21)19-13-7-5-6-12(18)10-13)25-17(22)14-8-3-4-9-15(14)20-26(2,23)24/h3-11,20H,1-2H3,(H,19,21)/t11-/m0/s1. The van der Waals surface area contributed by atoms with Crippen LogP contribution in [0, 0.1) is 0 Å². The molecular weight excluding hydrogens is 380 g/mol. The predicted octanol–water partition coefficient (Wildman–Crippen LogP) is 2.90. The van der Waals surface area contributed by atoms with Crippen LogP contribution in [0.4, 0.5) is 11.4 Å². The molecule has 0 aliphatic carbocycles. The van der Waals surface area contributed by atoms with Crippen LogP contribution in [0.2, 0.25) is 5.02 Å². The maximum absolute atomic E-state index is 12.3. The summed E-state index contributed by atoms with van der Waals surface area (Å²) in [5.74, 6) is -1.38. The van der Waals surface area contributed by atoms with Crippen molar-refractivity contribution in [3.05, 3.63) is 59.1 Å². The van der Waals surface area contributed by atoms with Crippen LogP contribution >= 0.6 is 11.6 Å². The van der Waals surface area contributed by atoms with Crippen molar-refractivity contribution in [2.75, 3.05) is 16.3 Å². The van der Waals surface area contributed by atoms with Crippen LogP contribution < -0.4 is 10.0 Å². The van der Waals surface area contributed by atoms with Gasteiger partial charge in [0.2, 0.25) is 10.0 Å². The molecule has 0 bridgehead atoms. The third kappa shape index (κ3) is 5.75. The number of ether oxygens (including phenoxy) is 1. The summed E-state index contributed by atoms with van der Waals surface area (Å²) in [6.07, 6.45) is -0.135. The van der Waals surface area contributed by atoms with Crippen molar-refractivity contribution in [1.82, 2.24) is 0 Å². The highest BCUT2D eigenvalue weighted by Gasteiger charge is 2.21. The Kier molecular flexibility index (Phi) is 6.23. The van der Waals surface area contributed by atoms with E-state index < -0.39 is 28.0 Å². The van der Waals surface area contributed by atoms with E-state index in [1.807, 2.05) is 0 Å². The van der Waals surface area contributed by atoms with E-state index >= 15 is 0 Å². The lowest BCUT2D eigenvalue weighted by molar-refractivity contribution is -0.123. The summed E-state index contributed by atoms with van der Waals surface area (Å²) in [5.41, 5.74) is 0.535. The van der Waals surface area contributed by atoms with Gasteiger partial charge in [0.15, 0.2) is 6.10 Å². The minimum absolute atomic E-state index is 0.000306. The second-order valence-electron chi connectivity index (χ2n) is 5.47. The Bertz CT molecular complexity index is 930. The lowest BCUT2D eigenvalue weighted by atomic mass is 10.2. The molecule has 1 atom stereocenters. The maximum atomic E-state index is 12.3. The molecule has 2 N–H and O–H groups in total. The van der Waals surface area contributed by atoms with E-state index in [2.05, 4.69) is 10.0 Å². The summed E-state index contributed by atoms with van der Waals surface area (Å²) in [5, 5.41) is 3.03. The second-order valence-corrected chi connectivity index (χ2v) is 7.65. The van der Waals surface area contributed by atoms with E-state index in [1.165, 1.54) is 19.1 Å². The molecule has 0 aromatic heterocycles. The Labute approximate surface area is 156 Å². The molecule has 9 heteroatoms. The Hall–Kier alpha value is -2.58. The summed E-state index contributed by atoms with van der Waals surface area (Å²) < 4.78 is 30.2. The molecule has 138 valence electrons. The van der Waals surface area contributed by atoms with Gasteiger partial charge in [-0.1, -0.05) is 29.8 Å². The average Bonchev–Trinajstić information content (AvgIpc) is 2.53. The Morgan fingerprint density at radius 2 is 1.81 bits per heavy atom. The molecule has 0 aliphatic heterocycles. The van der Waals surface area contributed by atoms with Crippen LogP contribution in [0.15, 0.2) is 48.5 Å². The van der Waals surface area contributed by atoms with E-state index in [0.717, 1.165) is 6.26 Å². The van der Waals surface area contributed by atoms with Crippen LogP contribution in [-0.4, -0.2) is 32.7 Å². The lowest BCUT2D eigenvalue weighted by Crippen LogP contribution is -2.30. The molecule has 0 aliphatic rings. The highest BCUT2D eigenvalue weighted by atomic mass is 35.5. The molecule has 0 saturated carbocycles. The summed E-state index contributed by atoms with van der Waals surface area (Å²) in [6, 6.07) is 12.5. The number of hydrogen-bond acceptors (Lipinski definition) is 5. The fourth-order valence-electron chi connectivity index (χ4n) is 2.04. The second kappa shape index (κ2) is 8.20. The molecule has 7 nitrogen and oxygen atoms in total. The third-order valence-corrected chi connectivity index (χ3v) is 4.01. The van der Waals surface area contributed by atoms with Gasteiger partial charge in [0.1, 0.15) is 0 Å². The molecule has 0 radical (unpaired) electrons. The highest BCUT2D eigenvalue weighted by molar-refractivity contribution is 7.92. The number of nitrogens with one attached hydrogen (secondary N) is 2. The van der Waals surface area contributed by atoms with Gasteiger partial charge in [0.05, 0.1) is 17.5 Å². The monoisotopic (exact) mass is 396 g/mol. The Morgan fingerprint density at radius 1 is 1.12 bits per heavy atom. The minimum Gasteiger partial charge on any atom is -0.449 e. The topological polar surface area (TPSA) is 102 Å². The van der Waals surface area contributed by atoms with Crippen LogP contribution in [-0.2, 0) is 19.6 Å². The van der Waals surface area contributed by atoms with Crippen molar-refractivity contribution in [1.29, 1.82) is 0 Å². The number of benzene rings is 2. The summed E-state index contributed by atoms with van der Waals surface area (Å²) >= 11 is 5.85. The molecular formula is C17H17ClN2O5S. The van der Waals surface area contributed by atoms with Gasteiger partial charge in [0, 0.05) is 10.7 Å². The van der Waals surface area contributed by atoms with E-state index in [4.69, 9.17) is 16.3 Å². The van der Waals surface area contributed by atoms with Crippen molar-refractivity contribution >= 4 is 44.9 Å². The number of anilines is 2. The summed E-state index contributed by atoms with van der Waals surface area (Å²) in [6.45, 7) is 1.41. The quantitative estimate of drug-likeness (QED) is 0.731. The Morgan fingerprint density at radius 3 is 2.46 bits per heavy atom. The minimum atomic E-state index is -3.57. The molecule has 0 unspecified atom stereocenters. The third-order valence-electron chi connectivity index (χ3n) is 3.19. The normalized spacial score (nSPS) is 12.1. The van der Waals surface area contributed by atoms with E-state index in [1.54, 1.807) is 36.4 Å². The number of esters is 1. The van der Waals surface area contributed by atoms with Gasteiger partial charge in [-0.25, -0.2) is 13.2 Å². The number of rotatable bonds is 6. The van der Waals surface area contributed by atoms with Crippen molar-refractivity contribution in [2.45, 2.75) is 13.0 Å². The van der Waals surface area contributed by atoms with Gasteiger partial charge >= 0.3 is 5.97 Å². The number of carbonyl (C=O) groups is 2. The molecule has 26 heavy (non-hydrogen) atoms. The largest absolute Gasteiger partial charge is 0.449 e. The summed E-state index contributed by atoms with van der Waals surface area (Å²) in [4.78, 5) is 24.5. The summed E-state index contributed by atoms with van der Waals surface area (Å²) in [7, 11) is -3.57.